The van der Waals surface area contributed by atoms with Gasteiger partial charge in [0.1, 0.15) is 0 Å². The van der Waals surface area contributed by atoms with Crippen molar-refractivity contribution < 1.29 is 14.3 Å². The molecule has 5 heteroatoms. The van der Waals surface area contributed by atoms with Gasteiger partial charge in [0.25, 0.3) is 5.91 Å². The molecular formula is C23H21NO3S. The van der Waals surface area contributed by atoms with Crippen LogP contribution in [-0.2, 0) is 10.5 Å². The number of anilines is 1. The van der Waals surface area contributed by atoms with E-state index in [1.54, 1.807) is 48.2 Å². The number of carbonyl (C=O) groups is 2. The zero-order valence-corrected chi connectivity index (χ0v) is 16.6. The highest BCUT2D eigenvalue weighted by Gasteiger charge is 2.14. The molecule has 1 N–H and O–H groups in total. The molecular weight excluding hydrogens is 370 g/mol. The fourth-order valence-electron chi connectivity index (χ4n) is 2.63. The molecule has 0 aliphatic heterocycles. The number of benzene rings is 3. The molecule has 0 saturated carbocycles. The Morgan fingerprint density at radius 3 is 2.29 bits per heavy atom. The summed E-state index contributed by atoms with van der Waals surface area (Å²) in [5.41, 5.74) is 3.66. The molecule has 3 rings (SSSR count). The Bertz CT molecular complexity index is 966. The van der Waals surface area contributed by atoms with Crippen molar-refractivity contribution >= 4 is 29.3 Å². The van der Waals surface area contributed by atoms with Gasteiger partial charge >= 0.3 is 5.97 Å². The van der Waals surface area contributed by atoms with Crippen molar-refractivity contribution in [3.05, 3.63) is 95.1 Å². The maximum atomic E-state index is 12.5. The van der Waals surface area contributed by atoms with E-state index in [1.807, 2.05) is 12.1 Å². The molecule has 0 saturated heterocycles. The van der Waals surface area contributed by atoms with Gasteiger partial charge in [0.05, 0.1) is 18.4 Å². The lowest BCUT2D eigenvalue weighted by atomic mass is 10.1. The van der Waals surface area contributed by atoms with Crippen LogP contribution in [0.15, 0.2) is 77.7 Å². The number of ether oxygens (including phenoxy) is 1. The molecule has 3 aromatic rings. The van der Waals surface area contributed by atoms with Crippen LogP contribution in [0.2, 0.25) is 0 Å². The van der Waals surface area contributed by atoms with Crippen molar-refractivity contribution in [2.24, 2.45) is 0 Å². The van der Waals surface area contributed by atoms with Crippen LogP contribution < -0.4 is 5.32 Å². The molecule has 0 aliphatic carbocycles. The Kier molecular flexibility index (Phi) is 6.50. The summed E-state index contributed by atoms with van der Waals surface area (Å²) in [6, 6.07) is 22.7. The Balaban J connectivity index is 1.64. The van der Waals surface area contributed by atoms with Gasteiger partial charge in [0, 0.05) is 16.2 Å². The Labute approximate surface area is 168 Å². The molecule has 142 valence electrons. The lowest BCUT2D eigenvalue weighted by Gasteiger charge is -2.10. The lowest BCUT2D eigenvalue weighted by molar-refractivity contribution is 0.0602. The molecule has 0 radical (unpaired) electrons. The summed E-state index contributed by atoms with van der Waals surface area (Å²) in [6.07, 6.45) is 0. The number of hydrogen-bond donors (Lipinski definition) is 1. The van der Waals surface area contributed by atoms with Crippen molar-refractivity contribution in [2.75, 3.05) is 12.4 Å². The second kappa shape index (κ2) is 9.24. The Morgan fingerprint density at radius 1 is 0.929 bits per heavy atom. The molecule has 0 heterocycles. The van der Waals surface area contributed by atoms with Crippen LogP contribution in [0.1, 0.15) is 31.8 Å². The van der Waals surface area contributed by atoms with E-state index in [-0.39, 0.29) is 5.91 Å². The van der Waals surface area contributed by atoms with E-state index in [4.69, 9.17) is 4.74 Å². The average Bonchev–Trinajstić information content (AvgIpc) is 2.73. The molecule has 0 aliphatic rings. The van der Waals surface area contributed by atoms with Crippen molar-refractivity contribution in [1.29, 1.82) is 0 Å². The van der Waals surface area contributed by atoms with Crippen molar-refractivity contribution in [3.8, 4) is 0 Å². The van der Waals surface area contributed by atoms with Gasteiger partial charge in [0.2, 0.25) is 0 Å². The van der Waals surface area contributed by atoms with Crippen LogP contribution in [0.5, 0.6) is 0 Å². The SMILES string of the molecule is COC(=O)c1ccccc1NC(=O)c1ccc(CSc2ccc(C)cc2)cc1. The first kappa shape index (κ1) is 19.7. The molecule has 0 unspecified atom stereocenters. The molecule has 4 nitrogen and oxygen atoms in total. The number of hydrogen-bond acceptors (Lipinski definition) is 4. The first-order chi connectivity index (χ1) is 13.6. The van der Waals surface area contributed by atoms with Crippen LogP contribution >= 0.6 is 11.8 Å². The summed E-state index contributed by atoms with van der Waals surface area (Å²) in [5, 5.41) is 2.78. The normalized spacial score (nSPS) is 10.4. The van der Waals surface area contributed by atoms with Crippen molar-refractivity contribution in [1.82, 2.24) is 0 Å². The third kappa shape index (κ3) is 5.02. The summed E-state index contributed by atoms with van der Waals surface area (Å²) in [7, 11) is 1.31. The number of rotatable bonds is 6. The molecule has 1 amide bonds. The number of carbonyl (C=O) groups excluding carboxylic acids is 2. The van der Waals surface area contributed by atoms with E-state index in [1.165, 1.54) is 17.6 Å². The highest BCUT2D eigenvalue weighted by molar-refractivity contribution is 7.98. The predicted octanol–water partition coefficient (Wildman–Crippen LogP) is 5.33. The van der Waals surface area contributed by atoms with Gasteiger partial charge in [-0.2, -0.15) is 0 Å². The summed E-state index contributed by atoms with van der Waals surface area (Å²) in [5.74, 6) is 0.0735. The van der Waals surface area contributed by atoms with Crippen LogP contribution in [-0.4, -0.2) is 19.0 Å². The number of thioether (sulfide) groups is 1. The van der Waals surface area contributed by atoms with E-state index < -0.39 is 5.97 Å². The van der Waals surface area contributed by atoms with Crippen molar-refractivity contribution in [2.45, 2.75) is 17.6 Å². The Morgan fingerprint density at radius 2 is 1.61 bits per heavy atom. The molecule has 28 heavy (non-hydrogen) atoms. The van der Waals surface area contributed by atoms with E-state index in [0.717, 1.165) is 11.3 Å². The third-order valence-corrected chi connectivity index (χ3v) is 5.31. The van der Waals surface area contributed by atoms with Gasteiger partial charge < -0.3 is 10.1 Å². The van der Waals surface area contributed by atoms with Crippen LogP contribution in [0.4, 0.5) is 5.69 Å². The van der Waals surface area contributed by atoms with Gasteiger partial charge in [-0.05, 0) is 48.9 Å². The zero-order valence-electron chi connectivity index (χ0n) is 15.8. The number of aryl methyl sites for hydroxylation is 1. The summed E-state index contributed by atoms with van der Waals surface area (Å²) in [6.45, 7) is 2.07. The van der Waals surface area contributed by atoms with E-state index in [9.17, 15) is 9.59 Å². The first-order valence-electron chi connectivity index (χ1n) is 8.84. The molecule has 0 bridgehead atoms. The van der Waals surface area contributed by atoms with Gasteiger partial charge in [-0.25, -0.2) is 4.79 Å². The second-order valence-electron chi connectivity index (χ2n) is 6.29. The predicted molar refractivity (Wildman–Crippen MR) is 113 cm³/mol. The second-order valence-corrected chi connectivity index (χ2v) is 7.34. The third-order valence-electron chi connectivity index (χ3n) is 4.22. The minimum atomic E-state index is -0.487. The lowest BCUT2D eigenvalue weighted by Crippen LogP contribution is -2.15. The van der Waals surface area contributed by atoms with Crippen molar-refractivity contribution in [3.63, 3.8) is 0 Å². The summed E-state index contributed by atoms with van der Waals surface area (Å²) in [4.78, 5) is 25.6. The maximum Gasteiger partial charge on any atom is 0.339 e. The minimum Gasteiger partial charge on any atom is -0.465 e. The topological polar surface area (TPSA) is 55.4 Å². The molecule has 0 aromatic heterocycles. The monoisotopic (exact) mass is 391 g/mol. The van der Waals surface area contributed by atoms with Gasteiger partial charge in [0.15, 0.2) is 0 Å². The quantitative estimate of drug-likeness (QED) is 0.456. The zero-order chi connectivity index (χ0) is 19.9. The average molecular weight is 391 g/mol. The fraction of sp³-hybridized carbons (Fsp3) is 0.130. The standard InChI is InChI=1S/C23H21NO3S/c1-16-7-13-19(14-8-16)28-15-17-9-11-18(12-10-17)22(25)24-21-6-4-3-5-20(21)23(26)27-2/h3-14H,15H2,1-2H3,(H,24,25). The molecule has 3 aromatic carbocycles. The number of methoxy groups -OCH3 is 1. The van der Waals surface area contributed by atoms with Crippen LogP contribution in [0.3, 0.4) is 0 Å². The van der Waals surface area contributed by atoms with Crippen LogP contribution in [0.25, 0.3) is 0 Å². The molecule has 0 spiro atoms. The smallest absolute Gasteiger partial charge is 0.339 e. The fourth-order valence-corrected chi connectivity index (χ4v) is 3.48. The summed E-state index contributed by atoms with van der Waals surface area (Å²) < 4.78 is 4.76. The molecule has 0 fully saturated rings. The van der Waals surface area contributed by atoms with E-state index in [0.29, 0.717) is 16.8 Å². The number of para-hydroxylation sites is 1. The highest BCUT2D eigenvalue weighted by atomic mass is 32.2. The van der Waals surface area contributed by atoms with Gasteiger partial charge in [-0.1, -0.05) is 42.0 Å². The van der Waals surface area contributed by atoms with Crippen LogP contribution in [0, 0.1) is 6.92 Å². The van der Waals surface area contributed by atoms with Gasteiger partial charge in [-0.3, -0.25) is 4.79 Å². The number of esters is 1. The van der Waals surface area contributed by atoms with Gasteiger partial charge in [-0.15, -0.1) is 11.8 Å². The Hall–Kier alpha value is -3.05. The van der Waals surface area contributed by atoms with E-state index >= 15 is 0 Å². The van der Waals surface area contributed by atoms with E-state index in [2.05, 4.69) is 36.5 Å². The molecule has 0 atom stereocenters. The first-order valence-corrected chi connectivity index (χ1v) is 9.82. The highest BCUT2D eigenvalue weighted by Crippen LogP contribution is 2.23. The number of nitrogens with one attached hydrogen (secondary N) is 1. The minimum absolute atomic E-state index is 0.269. The number of amides is 1. The largest absolute Gasteiger partial charge is 0.465 e. The summed E-state index contributed by atoms with van der Waals surface area (Å²) >= 11 is 1.75. The maximum absolute atomic E-state index is 12.5.